The summed E-state index contributed by atoms with van der Waals surface area (Å²) >= 11 is 0. The summed E-state index contributed by atoms with van der Waals surface area (Å²) in [4.78, 5) is 23.4. The van der Waals surface area contributed by atoms with Crippen molar-refractivity contribution >= 4 is 28.8 Å². The predicted molar refractivity (Wildman–Crippen MR) is 121 cm³/mol. The van der Waals surface area contributed by atoms with Crippen molar-refractivity contribution in [1.29, 1.82) is 5.26 Å². The van der Waals surface area contributed by atoms with Gasteiger partial charge in [0.2, 0.25) is 11.9 Å². The molecule has 2 aliphatic rings. The van der Waals surface area contributed by atoms with Crippen LogP contribution in [0.4, 0.5) is 17.3 Å². The van der Waals surface area contributed by atoms with Crippen LogP contribution in [0.25, 0.3) is 5.57 Å². The van der Waals surface area contributed by atoms with Gasteiger partial charge in [0.1, 0.15) is 17.5 Å². The standard InChI is InChI=1S/C23H27N7O/c1-3-30-19-7-5-4-6-18(19)27-22(30)17(13-24)21-15(2)14-26-23(29-21)28-20(31)12-16-8-10-25-11-9-16/h4-7,14,16,25,27H,3,8-12H2,1-2H3,(H,26,28,29,31). The maximum Gasteiger partial charge on any atom is 0.229 e. The molecule has 31 heavy (non-hydrogen) atoms. The number of para-hydroxylation sites is 2. The van der Waals surface area contributed by atoms with Crippen molar-refractivity contribution in [3.8, 4) is 6.07 Å². The van der Waals surface area contributed by atoms with E-state index in [0.717, 1.165) is 42.9 Å². The van der Waals surface area contributed by atoms with Crippen molar-refractivity contribution in [2.45, 2.75) is 33.1 Å². The second-order valence-corrected chi connectivity index (χ2v) is 7.89. The number of anilines is 3. The zero-order chi connectivity index (χ0) is 21.8. The van der Waals surface area contributed by atoms with Crippen LogP contribution in [0, 0.1) is 24.2 Å². The van der Waals surface area contributed by atoms with Crippen molar-refractivity contribution in [3.63, 3.8) is 0 Å². The lowest BCUT2D eigenvalue weighted by Crippen LogP contribution is -2.30. The first-order valence-electron chi connectivity index (χ1n) is 10.7. The van der Waals surface area contributed by atoms with E-state index >= 15 is 0 Å². The van der Waals surface area contributed by atoms with Crippen molar-refractivity contribution in [2.75, 3.05) is 35.2 Å². The largest absolute Gasteiger partial charge is 0.339 e. The number of benzene rings is 1. The first-order chi connectivity index (χ1) is 15.1. The molecule has 0 unspecified atom stereocenters. The zero-order valence-corrected chi connectivity index (χ0v) is 17.9. The third kappa shape index (κ3) is 4.37. The molecule has 0 spiro atoms. The SMILES string of the molecule is CCN1C(=C(C#N)c2nc(NC(=O)CC3CCNCC3)ncc2C)Nc2ccccc21. The van der Waals surface area contributed by atoms with Gasteiger partial charge in [-0.1, -0.05) is 12.1 Å². The minimum Gasteiger partial charge on any atom is -0.339 e. The van der Waals surface area contributed by atoms with E-state index in [9.17, 15) is 10.1 Å². The second-order valence-electron chi connectivity index (χ2n) is 7.89. The van der Waals surface area contributed by atoms with Gasteiger partial charge in [0, 0.05) is 19.2 Å². The third-order valence-corrected chi connectivity index (χ3v) is 5.78. The molecule has 3 heterocycles. The quantitative estimate of drug-likeness (QED) is 0.641. The van der Waals surface area contributed by atoms with Crippen LogP contribution in [-0.2, 0) is 4.79 Å². The van der Waals surface area contributed by atoms with E-state index < -0.39 is 0 Å². The molecule has 1 aromatic carbocycles. The van der Waals surface area contributed by atoms with Crippen LogP contribution in [0.1, 0.15) is 37.4 Å². The summed E-state index contributed by atoms with van der Waals surface area (Å²) in [6.07, 6.45) is 4.11. The number of aryl methyl sites for hydroxylation is 1. The first kappa shape index (κ1) is 20.8. The number of fused-ring (bicyclic) bond motifs is 1. The lowest BCUT2D eigenvalue weighted by molar-refractivity contribution is -0.117. The molecule has 160 valence electrons. The van der Waals surface area contributed by atoms with Crippen molar-refractivity contribution in [3.05, 3.63) is 47.5 Å². The smallest absolute Gasteiger partial charge is 0.229 e. The Bertz CT molecular complexity index is 1050. The second kappa shape index (κ2) is 9.14. The summed E-state index contributed by atoms with van der Waals surface area (Å²) < 4.78 is 0. The van der Waals surface area contributed by atoms with Gasteiger partial charge in [-0.25, -0.2) is 9.97 Å². The number of hydrogen-bond acceptors (Lipinski definition) is 7. The fourth-order valence-electron chi connectivity index (χ4n) is 4.15. The molecule has 0 aliphatic carbocycles. The lowest BCUT2D eigenvalue weighted by atomic mass is 9.94. The number of piperidine rings is 1. The molecule has 0 atom stereocenters. The summed E-state index contributed by atoms with van der Waals surface area (Å²) in [6.45, 7) is 6.51. The number of rotatable bonds is 5. The van der Waals surface area contributed by atoms with Crippen LogP contribution in [0.2, 0.25) is 0 Å². The maximum absolute atomic E-state index is 12.5. The minimum absolute atomic E-state index is 0.0885. The van der Waals surface area contributed by atoms with E-state index in [2.05, 4.69) is 36.9 Å². The highest BCUT2D eigenvalue weighted by Crippen LogP contribution is 2.38. The Morgan fingerprint density at radius 3 is 2.84 bits per heavy atom. The molecular weight excluding hydrogens is 390 g/mol. The molecule has 1 fully saturated rings. The van der Waals surface area contributed by atoms with Gasteiger partial charge >= 0.3 is 0 Å². The molecule has 8 nitrogen and oxygen atoms in total. The highest BCUT2D eigenvalue weighted by molar-refractivity contribution is 5.92. The normalized spacial score (nSPS) is 17.5. The topological polar surface area (TPSA) is 106 Å². The van der Waals surface area contributed by atoms with E-state index in [4.69, 9.17) is 0 Å². The van der Waals surface area contributed by atoms with Crippen molar-refractivity contribution < 1.29 is 4.79 Å². The number of carbonyl (C=O) groups is 1. The number of aromatic nitrogens is 2. The zero-order valence-electron chi connectivity index (χ0n) is 17.9. The van der Waals surface area contributed by atoms with Gasteiger partial charge in [-0.2, -0.15) is 5.26 Å². The molecule has 8 heteroatoms. The van der Waals surface area contributed by atoms with Crippen LogP contribution in [0.15, 0.2) is 36.3 Å². The van der Waals surface area contributed by atoms with Gasteiger partial charge in [0.05, 0.1) is 17.1 Å². The lowest BCUT2D eigenvalue weighted by Gasteiger charge is -2.21. The molecule has 0 radical (unpaired) electrons. The molecule has 1 aromatic heterocycles. The van der Waals surface area contributed by atoms with Crippen molar-refractivity contribution in [1.82, 2.24) is 15.3 Å². The summed E-state index contributed by atoms with van der Waals surface area (Å²) in [5, 5.41) is 19.5. The molecule has 4 rings (SSSR count). The molecule has 0 bridgehead atoms. The van der Waals surface area contributed by atoms with Gasteiger partial charge < -0.3 is 15.5 Å². The predicted octanol–water partition coefficient (Wildman–Crippen LogP) is 3.26. The molecule has 0 saturated carbocycles. The van der Waals surface area contributed by atoms with E-state index in [0.29, 0.717) is 36.0 Å². The van der Waals surface area contributed by atoms with Crippen LogP contribution >= 0.6 is 0 Å². The van der Waals surface area contributed by atoms with Gasteiger partial charge in [-0.3, -0.25) is 10.1 Å². The molecule has 1 saturated heterocycles. The Labute approximate surface area is 182 Å². The van der Waals surface area contributed by atoms with Gasteiger partial charge in [-0.05, 0) is 63.4 Å². The summed E-state index contributed by atoms with van der Waals surface area (Å²) in [7, 11) is 0. The number of nitrogens with one attached hydrogen (secondary N) is 3. The molecule has 2 aliphatic heterocycles. The molecule has 1 amide bonds. The Morgan fingerprint density at radius 1 is 1.32 bits per heavy atom. The van der Waals surface area contributed by atoms with E-state index in [1.807, 2.05) is 38.1 Å². The van der Waals surface area contributed by atoms with Crippen LogP contribution in [-0.4, -0.2) is 35.5 Å². The monoisotopic (exact) mass is 417 g/mol. The summed E-state index contributed by atoms with van der Waals surface area (Å²) in [5.41, 5.74) is 3.69. The summed E-state index contributed by atoms with van der Waals surface area (Å²) in [6, 6.07) is 10.3. The van der Waals surface area contributed by atoms with E-state index in [-0.39, 0.29) is 11.9 Å². The van der Waals surface area contributed by atoms with Crippen LogP contribution < -0.4 is 20.9 Å². The fraction of sp³-hybridized carbons (Fsp3) is 0.391. The Hall–Kier alpha value is -3.44. The summed E-state index contributed by atoms with van der Waals surface area (Å²) in [5.74, 6) is 1.21. The fourth-order valence-corrected chi connectivity index (χ4v) is 4.15. The van der Waals surface area contributed by atoms with Gasteiger partial charge in [0.25, 0.3) is 0 Å². The number of allylic oxidation sites excluding steroid dienone is 1. The first-order valence-corrected chi connectivity index (χ1v) is 10.7. The molecule has 3 N–H and O–H groups in total. The van der Waals surface area contributed by atoms with E-state index in [1.54, 1.807) is 6.20 Å². The average Bonchev–Trinajstić information content (AvgIpc) is 3.15. The number of carbonyl (C=O) groups excluding carboxylic acids is 1. The van der Waals surface area contributed by atoms with Crippen molar-refractivity contribution in [2.24, 2.45) is 5.92 Å². The Kier molecular flexibility index (Phi) is 6.14. The Morgan fingerprint density at radius 2 is 2.10 bits per heavy atom. The van der Waals surface area contributed by atoms with Gasteiger partial charge in [-0.15, -0.1) is 0 Å². The van der Waals surface area contributed by atoms with E-state index in [1.165, 1.54) is 0 Å². The highest BCUT2D eigenvalue weighted by Gasteiger charge is 2.27. The number of amides is 1. The molecular formula is C23H27N7O. The van der Waals surface area contributed by atoms with Crippen LogP contribution in [0.5, 0.6) is 0 Å². The number of nitriles is 1. The number of hydrogen-bond donors (Lipinski definition) is 3. The average molecular weight is 418 g/mol. The van der Waals surface area contributed by atoms with Crippen LogP contribution in [0.3, 0.4) is 0 Å². The Balaban J connectivity index is 1.60. The third-order valence-electron chi connectivity index (χ3n) is 5.78. The maximum atomic E-state index is 12.5. The highest BCUT2D eigenvalue weighted by atomic mass is 16.1. The number of nitrogens with zero attached hydrogens (tertiary/aromatic N) is 4. The van der Waals surface area contributed by atoms with Gasteiger partial charge in [0.15, 0.2) is 0 Å². The molecule has 2 aromatic rings. The minimum atomic E-state index is -0.0885.